The zero-order valence-corrected chi connectivity index (χ0v) is 11.9. The van der Waals surface area contributed by atoms with Gasteiger partial charge in [0.15, 0.2) is 5.78 Å². The minimum Gasteiger partial charge on any atom is -0.300 e. The molecule has 2 rings (SSSR count). The van der Waals surface area contributed by atoms with Crippen LogP contribution in [0.15, 0.2) is 18.2 Å². The third-order valence-corrected chi connectivity index (χ3v) is 3.67. The molecule has 2 nitrogen and oxygen atoms in total. The molecule has 1 aromatic rings. The fourth-order valence-electron chi connectivity index (χ4n) is 2.38. The van der Waals surface area contributed by atoms with Crippen LogP contribution in [-0.2, 0) is 0 Å². The Labute approximate surface area is 118 Å². The van der Waals surface area contributed by atoms with Crippen molar-refractivity contribution in [3.63, 3.8) is 0 Å². The second kappa shape index (κ2) is 6.93. The summed E-state index contributed by atoms with van der Waals surface area (Å²) in [5.74, 6) is -1.58. The molecule has 0 aromatic heterocycles. The van der Waals surface area contributed by atoms with Crippen LogP contribution in [0.25, 0.3) is 0 Å². The van der Waals surface area contributed by atoms with Crippen molar-refractivity contribution in [3.05, 3.63) is 35.4 Å². The zero-order chi connectivity index (χ0) is 14.5. The molecule has 1 aliphatic rings. The maximum absolute atomic E-state index is 13.1. The highest BCUT2D eigenvalue weighted by Gasteiger charge is 2.28. The minimum absolute atomic E-state index is 0.133. The first-order valence-electron chi connectivity index (χ1n) is 7.33. The maximum Gasteiger partial charge on any atom is 0.164 e. The van der Waals surface area contributed by atoms with E-state index < -0.39 is 11.6 Å². The summed E-state index contributed by atoms with van der Waals surface area (Å²) in [7, 11) is 0. The molecule has 0 heterocycles. The van der Waals surface area contributed by atoms with Crippen LogP contribution < -0.4 is 0 Å². The van der Waals surface area contributed by atoms with E-state index in [-0.39, 0.29) is 11.3 Å². The summed E-state index contributed by atoms with van der Waals surface area (Å²) < 4.78 is 26.2. The summed E-state index contributed by atoms with van der Waals surface area (Å²) in [6.07, 6.45) is 4.98. The Bertz CT molecular complexity index is 451. The number of halogens is 2. The van der Waals surface area contributed by atoms with Crippen molar-refractivity contribution in [1.29, 1.82) is 0 Å². The van der Waals surface area contributed by atoms with Crippen LogP contribution in [0.2, 0.25) is 0 Å². The van der Waals surface area contributed by atoms with Crippen LogP contribution in [0.3, 0.4) is 0 Å². The first kappa shape index (κ1) is 15.1. The van der Waals surface area contributed by atoms with Crippen molar-refractivity contribution in [2.24, 2.45) is 0 Å². The average Bonchev–Trinajstić information content (AvgIpc) is 3.22. The summed E-state index contributed by atoms with van der Waals surface area (Å²) in [5.41, 5.74) is 0.133. The molecule has 0 atom stereocenters. The number of nitrogens with zero attached hydrogens (tertiary/aromatic N) is 1. The normalized spacial score (nSPS) is 14.8. The van der Waals surface area contributed by atoms with Gasteiger partial charge in [-0.15, -0.1) is 0 Å². The minimum atomic E-state index is -0.696. The fraction of sp³-hybridized carbons (Fsp3) is 0.562. The van der Waals surface area contributed by atoms with Gasteiger partial charge in [-0.05, 0) is 37.9 Å². The third-order valence-electron chi connectivity index (χ3n) is 3.67. The van der Waals surface area contributed by atoms with E-state index in [1.165, 1.54) is 12.8 Å². The molecule has 0 aliphatic heterocycles. The Hall–Kier alpha value is -1.29. The molecule has 1 aliphatic carbocycles. The van der Waals surface area contributed by atoms with Gasteiger partial charge in [0.05, 0.1) is 0 Å². The lowest BCUT2D eigenvalue weighted by molar-refractivity contribution is 0.0961. The lowest BCUT2D eigenvalue weighted by Crippen LogP contribution is -2.29. The Morgan fingerprint density at radius 1 is 1.20 bits per heavy atom. The Morgan fingerprint density at radius 3 is 2.40 bits per heavy atom. The number of hydrogen-bond acceptors (Lipinski definition) is 2. The van der Waals surface area contributed by atoms with Gasteiger partial charge in [0.25, 0.3) is 0 Å². The SMILES string of the molecule is CCCCN(CCC(=O)c1cc(F)cc(F)c1)C1CC1. The Morgan fingerprint density at radius 2 is 1.85 bits per heavy atom. The van der Waals surface area contributed by atoms with Crippen molar-refractivity contribution in [2.75, 3.05) is 13.1 Å². The van der Waals surface area contributed by atoms with Crippen LogP contribution >= 0.6 is 0 Å². The average molecular weight is 281 g/mol. The molecule has 0 amide bonds. The van der Waals surface area contributed by atoms with Crippen LogP contribution in [-0.4, -0.2) is 29.8 Å². The summed E-state index contributed by atoms with van der Waals surface area (Å²) in [6, 6.07) is 3.62. The highest BCUT2D eigenvalue weighted by Crippen LogP contribution is 2.27. The maximum atomic E-state index is 13.1. The topological polar surface area (TPSA) is 20.3 Å². The van der Waals surface area contributed by atoms with Crippen LogP contribution in [0.5, 0.6) is 0 Å². The molecule has 1 aromatic carbocycles. The predicted octanol–water partition coefficient (Wildman–Crippen LogP) is 3.80. The van der Waals surface area contributed by atoms with Crippen LogP contribution in [0, 0.1) is 11.6 Å². The molecular formula is C16H21F2NO. The number of Topliss-reactive ketones (excluding diaryl/α,β-unsaturated/α-hetero) is 1. The quantitative estimate of drug-likeness (QED) is 0.675. The number of carbonyl (C=O) groups excluding carboxylic acids is 1. The van der Waals surface area contributed by atoms with Crippen molar-refractivity contribution < 1.29 is 13.6 Å². The van der Waals surface area contributed by atoms with E-state index in [1.54, 1.807) is 0 Å². The fourth-order valence-corrected chi connectivity index (χ4v) is 2.38. The number of carbonyl (C=O) groups is 1. The number of rotatable bonds is 8. The number of ketones is 1. The van der Waals surface area contributed by atoms with Gasteiger partial charge in [0, 0.05) is 30.6 Å². The third kappa shape index (κ3) is 4.37. The van der Waals surface area contributed by atoms with Crippen molar-refractivity contribution in [1.82, 2.24) is 4.90 Å². The monoisotopic (exact) mass is 281 g/mol. The highest BCUT2D eigenvalue weighted by molar-refractivity contribution is 5.96. The summed E-state index contributed by atoms with van der Waals surface area (Å²) in [6.45, 7) is 3.83. The number of hydrogen-bond donors (Lipinski definition) is 0. The van der Waals surface area contributed by atoms with Crippen molar-refractivity contribution in [3.8, 4) is 0 Å². The molecule has 0 spiro atoms. The standard InChI is InChI=1S/C16H21F2NO/c1-2-3-7-19(15-4-5-15)8-6-16(20)12-9-13(17)11-14(18)10-12/h9-11,15H,2-8H2,1H3. The molecule has 0 unspecified atom stereocenters. The second-order valence-electron chi connectivity index (χ2n) is 5.45. The van der Waals surface area contributed by atoms with E-state index in [4.69, 9.17) is 0 Å². The summed E-state index contributed by atoms with van der Waals surface area (Å²) in [4.78, 5) is 14.3. The van der Waals surface area contributed by atoms with E-state index in [9.17, 15) is 13.6 Å². The van der Waals surface area contributed by atoms with Gasteiger partial charge in [0.2, 0.25) is 0 Å². The van der Waals surface area contributed by atoms with Crippen LogP contribution in [0.4, 0.5) is 8.78 Å². The van der Waals surface area contributed by atoms with Crippen molar-refractivity contribution >= 4 is 5.78 Å². The molecule has 0 N–H and O–H groups in total. The molecule has 0 radical (unpaired) electrons. The van der Waals surface area contributed by atoms with E-state index in [0.29, 0.717) is 19.0 Å². The van der Waals surface area contributed by atoms with Crippen LogP contribution in [0.1, 0.15) is 49.4 Å². The predicted molar refractivity (Wildman–Crippen MR) is 74.8 cm³/mol. The van der Waals surface area contributed by atoms with Gasteiger partial charge in [-0.25, -0.2) is 8.78 Å². The van der Waals surface area contributed by atoms with Gasteiger partial charge in [-0.3, -0.25) is 9.69 Å². The molecule has 1 fully saturated rings. The van der Waals surface area contributed by atoms with E-state index in [0.717, 1.165) is 37.6 Å². The van der Waals surface area contributed by atoms with Gasteiger partial charge < -0.3 is 0 Å². The second-order valence-corrected chi connectivity index (χ2v) is 5.45. The van der Waals surface area contributed by atoms with E-state index >= 15 is 0 Å². The number of benzene rings is 1. The largest absolute Gasteiger partial charge is 0.300 e. The van der Waals surface area contributed by atoms with Gasteiger partial charge in [-0.1, -0.05) is 13.3 Å². The molecule has 110 valence electrons. The Kier molecular flexibility index (Phi) is 5.24. The van der Waals surface area contributed by atoms with E-state index in [2.05, 4.69) is 11.8 Å². The molecule has 1 saturated carbocycles. The van der Waals surface area contributed by atoms with Gasteiger partial charge in [0.1, 0.15) is 11.6 Å². The van der Waals surface area contributed by atoms with Crippen molar-refractivity contribution in [2.45, 2.75) is 45.1 Å². The van der Waals surface area contributed by atoms with E-state index in [1.807, 2.05) is 0 Å². The smallest absolute Gasteiger partial charge is 0.164 e. The molecule has 0 bridgehead atoms. The highest BCUT2D eigenvalue weighted by atomic mass is 19.1. The van der Waals surface area contributed by atoms with Gasteiger partial charge in [-0.2, -0.15) is 0 Å². The molecule has 20 heavy (non-hydrogen) atoms. The number of unbranched alkanes of at least 4 members (excludes halogenated alkanes) is 1. The molecule has 0 saturated heterocycles. The molecule has 4 heteroatoms. The lowest BCUT2D eigenvalue weighted by atomic mass is 10.1. The lowest BCUT2D eigenvalue weighted by Gasteiger charge is -2.21. The van der Waals surface area contributed by atoms with Gasteiger partial charge >= 0.3 is 0 Å². The summed E-state index contributed by atoms with van der Waals surface area (Å²) >= 11 is 0. The first-order valence-corrected chi connectivity index (χ1v) is 7.33. The first-order chi connectivity index (χ1) is 9.60. The summed E-state index contributed by atoms with van der Waals surface area (Å²) in [5, 5.41) is 0. The Balaban J connectivity index is 1.89. The molecular weight excluding hydrogens is 260 g/mol. The zero-order valence-electron chi connectivity index (χ0n) is 11.9.